The molecular weight excluding hydrogens is 252 g/mol. The first-order chi connectivity index (χ1) is 9.80. The lowest BCUT2D eigenvalue weighted by Crippen LogP contribution is -2.23. The lowest BCUT2D eigenvalue weighted by atomic mass is 10.0. The standard InChI is InChI=1S/C15H22N4O/c1-4-8-16-14(12-10-18-19(5-2)11-12)13-7-6-9-17-15(13)20-3/h6-7,9-11,14,16H,4-5,8H2,1-3H3. The topological polar surface area (TPSA) is 52.0 Å². The van der Waals surface area contributed by atoms with E-state index in [1.54, 1.807) is 13.3 Å². The Hall–Kier alpha value is -1.88. The van der Waals surface area contributed by atoms with Crippen LogP contribution in [0.4, 0.5) is 0 Å². The molecule has 1 unspecified atom stereocenters. The highest BCUT2D eigenvalue weighted by molar-refractivity contribution is 5.35. The van der Waals surface area contributed by atoms with Gasteiger partial charge in [-0.1, -0.05) is 13.0 Å². The quantitative estimate of drug-likeness (QED) is 0.842. The predicted molar refractivity (Wildman–Crippen MR) is 78.8 cm³/mol. The summed E-state index contributed by atoms with van der Waals surface area (Å²) in [5, 5.41) is 7.90. The molecule has 1 N–H and O–H groups in total. The Morgan fingerprint density at radius 3 is 2.90 bits per heavy atom. The van der Waals surface area contributed by atoms with Crippen molar-refractivity contribution in [2.24, 2.45) is 0 Å². The van der Waals surface area contributed by atoms with E-state index in [4.69, 9.17) is 4.74 Å². The van der Waals surface area contributed by atoms with Crippen molar-refractivity contribution in [2.75, 3.05) is 13.7 Å². The Kier molecular flexibility index (Phi) is 5.12. The molecule has 2 rings (SSSR count). The van der Waals surface area contributed by atoms with Crippen LogP contribution in [-0.4, -0.2) is 28.4 Å². The maximum absolute atomic E-state index is 5.38. The van der Waals surface area contributed by atoms with Crippen molar-refractivity contribution in [3.05, 3.63) is 41.9 Å². The Morgan fingerprint density at radius 1 is 1.40 bits per heavy atom. The Balaban J connectivity index is 2.35. The minimum absolute atomic E-state index is 0.0545. The minimum atomic E-state index is 0.0545. The third-order valence-corrected chi connectivity index (χ3v) is 3.21. The molecule has 1 atom stereocenters. The number of methoxy groups -OCH3 is 1. The summed E-state index contributed by atoms with van der Waals surface area (Å²) in [6.45, 7) is 6.03. The van der Waals surface area contributed by atoms with Gasteiger partial charge in [-0.2, -0.15) is 5.10 Å². The van der Waals surface area contributed by atoms with E-state index in [0.717, 1.165) is 30.6 Å². The van der Waals surface area contributed by atoms with Gasteiger partial charge in [0.1, 0.15) is 0 Å². The fraction of sp³-hybridized carbons (Fsp3) is 0.467. The number of ether oxygens (including phenoxy) is 1. The molecule has 2 aromatic heterocycles. The molecular formula is C15H22N4O. The van der Waals surface area contributed by atoms with Crippen molar-refractivity contribution in [3.8, 4) is 5.88 Å². The SMILES string of the molecule is CCCNC(c1cnn(CC)c1)c1cccnc1OC. The third-order valence-electron chi connectivity index (χ3n) is 3.21. The first-order valence-corrected chi connectivity index (χ1v) is 7.04. The number of hydrogen-bond donors (Lipinski definition) is 1. The van der Waals surface area contributed by atoms with Crippen molar-refractivity contribution >= 4 is 0 Å². The number of aromatic nitrogens is 3. The molecule has 0 aliphatic rings. The lowest BCUT2D eigenvalue weighted by molar-refractivity contribution is 0.387. The molecule has 0 spiro atoms. The average molecular weight is 274 g/mol. The second kappa shape index (κ2) is 7.05. The van der Waals surface area contributed by atoms with Gasteiger partial charge in [0.15, 0.2) is 0 Å². The number of aryl methyl sites for hydroxylation is 1. The molecule has 108 valence electrons. The Morgan fingerprint density at radius 2 is 2.25 bits per heavy atom. The normalized spacial score (nSPS) is 12.3. The first kappa shape index (κ1) is 14.5. The molecule has 0 bridgehead atoms. The van der Waals surface area contributed by atoms with E-state index < -0.39 is 0 Å². The van der Waals surface area contributed by atoms with Crippen LogP contribution in [0.5, 0.6) is 5.88 Å². The fourth-order valence-corrected chi connectivity index (χ4v) is 2.19. The average Bonchev–Trinajstić information content (AvgIpc) is 2.97. The van der Waals surface area contributed by atoms with Gasteiger partial charge in [0, 0.05) is 30.1 Å². The van der Waals surface area contributed by atoms with Gasteiger partial charge in [-0.25, -0.2) is 4.98 Å². The molecule has 20 heavy (non-hydrogen) atoms. The maximum atomic E-state index is 5.38. The van der Waals surface area contributed by atoms with Crippen LogP contribution in [0.3, 0.4) is 0 Å². The van der Waals surface area contributed by atoms with Crippen LogP contribution in [-0.2, 0) is 6.54 Å². The number of pyridine rings is 1. The van der Waals surface area contributed by atoms with E-state index in [1.165, 1.54) is 0 Å². The summed E-state index contributed by atoms with van der Waals surface area (Å²) in [5.74, 6) is 0.658. The largest absolute Gasteiger partial charge is 0.481 e. The van der Waals surface area contributed by atoms with Gasteiger partial charge in [-0.15, -0.1) is 0 Å². The van der Waals surface area contributed by atoms with Crippen molar-refractivity contribution in [3.63, 3.8) is 0 Å². The molecule has 5 nitrogen and oxygen atoms in total. The van der Waals surface area contributed by atoms with E-state index in [2.05, 4.69) is 35.4 Å². The highest BCUT2D eigenvalue weighted by atomic mass is 16.5. The molecule has 0 aliphatic heterocycles. The number of hydrogen-bond acceptors (Lipinski definition) is 4. The zero-order valence-corrected chi connectivity index (χ0v) is 12.3. The summed E-state index contributed by atoms with van der Waals surface area (Å²) >= 11 is 0. The summed E-state index contributed by atoms with van der Waals surface area (Å²) < 4.78 is 7.31. The molecule has 0 amide bonds. The predicted octanol–water partition coefficient (Wildman–Crippen LogP) is 2.40. The van der Waals surface area contributed by atoms with E-state index in [9.17, 15) is 0 Å². The number of rotatable bonds is 7. The van der Waals surface area contributed by atoms with Crippen LogP contribution >= 0.6 is 0 Å². The molecule has 0 saturated heterocycles. The molecule has 0 radical (unpaired) electrons. The smallest absolute Gasteiger partial charge is 0.218 e. The van der Waals surface area contributed by atoms with Crippen LogP contribution in [0.15, 0.2) is 30.7 Å². The van der Waals surface area contributed by atoms with Crippen molar-refractivity contribution in [1.82, 2.24) is 20.1 Å². The van der Waals surface area contributed by atoms with Crippen molar-refractivity contribution < 1.29 is 4.74 Å². The first-order valence-electron chi connectivity index (χ1n) is 7.04. The summed E-state index contributed by atoms with van der Waals surface area (Å²) in [4.78, 5) is 4.29. The van der Waals surface area contributed by atoms with Gasteiger partial charge in [0.25, 0.3) is 0 Å². The minimum Gasteiger partial charge on any atom is -0.481 e. The van der Waals surface area contributed by atoms with E-state index in [-0.39, 0.29) is 6.04 Å². The van der Waals surface area contributed by atoms with Crippen LogP contribution in [0.1, 0.15) is 37.4 Å². The lowest BCUT2D eigenvalue weighted by Gasteiger charge is -2.19. The van der Waals surface area contributed by atoms with Gasteiger partial charge in [0.2, 0.25) is 5.88 Å². The van der Waals surface area contributed by atoms with Crippen LogP contribution < -0.4 is 10.1 Å². The summed E-state index contributed by atoms with van der Waals surface area (Å²) in [6, 6.07) is 4.03. The summed E-state index contributed by atoms with van der Waals surface area (Å²) in [7, 11) is 1.65. The monoisotopic (exact) mass is 274 g/mol. The Bertz CT molecular complexity index is 538. The van der Waals surface area contributed by atoms with Crippen LogP contribution in [0.25, 0.3) is 0 Å². The van der Waals surface area contributed by atoms with Crippen molar-refractivity contribution in [1.29, 1.82) is 0 Å². The Labute approximate surface area is 120 Å². The van der Waals surface area contributed by atoms with Gasteiger partial charge >= 0.3 is 0 Å². The van der Waals surface area contributed by atoms with Crippen molar-refractivity contribution in [2.45, 2.75) is 32.9 Å². The van der Waals surface area contributed by atoms with E-state index >= 15 is 0 Å². The second-order valence-corrected chi connectivity index (χ2v) is 4.62. The van der Waals surface area contributed by atoms with Gasteiger partial charge in [-0.05, 0) is 26.0 Å². The zero-order chi connectivity index (χ0) is 14.4. The number of nitrogens with one attached hydrogen (secondary N) is 1. The van der Waals surface area contributed by atoms with Gasteiger partial charge in [-0.3, -0.25) is 4.68 Å². The molecule has 0 fully saturated rings. The summed E-state index contributed by atoms with van der Waals surface area (Å²) in [5.41, 5.74) is 2.17. The molecule has 5 heteroatoms. The number of nitrogens with zero attached hydrogens (tertiary/aromatic N) is 3. The highest BCUT2D eigenvalue weighted by Gasteiger charge is 2.19. The van der Waals surface area contributed by atoms with Crippen LogP contribution in [0, 0.1) is 0 Å². The van der Waals surface area contributed by atoms with Gasteiger partial charge in [0.05, 0.1) is 19.3 Å². The van der Waals surface area contributed by atoms with E-state index in [0.29, 0.717) is 5.88 Å². The fourth-order valence-electron chi connectivity index (χ4n) is 2.19. The van der Waals surface area contributed by atoms with E-state index in [1.807, 2.05) is 23.0 Å². The van der Waals surface area contributed by atoms with Crippen LogP contribution in [0.2, 0.25) is 0 Å². The second-order valence-electron chi connectivity index (χ2n) is 4.62. The molecule has 0 aliphatic carbocycles. The maximum Gasteiger partial charge on any atom is 0.218 e. The zero-order valence-electron chi connectivity index (χ0n) is 12.3. The summed E-state index contributed by atoms with van der Waals surface area (Å²) in [6.07, 6.45) is 6.79. The highest BCUT2D eigenvalue weighted by Crippen LogP contribution is 2.27. The molecule has 0 aromatic carbocycles. The molecule has 0 saturated carbocycles. The molecule has 2 aromatic rings. The third kappa shape index (κ3) is 3.17. The van der Waals surface area contributed by atoms with Gasteiger partial charge < -0.3 is 10.1 Å². The molecule has 2 heterocycles.